The highest BCUT2D eigenvalue weighted by Gasteiger charge is 2.39. The van der Waals surface area contributed by atoms with Crippen LogP contribution >= 0.6 is 9.24 Å². The number of fused-ring (bicyclic) bond motifs is 1. The van der Waals surface area contributed by atoms with Gasteiger partial charge in [0.15, 0.2) is 9.84 Å². The molecule has 1 fully saturated rings. The number of nitrogens with zero attached hydrogens (tertiary/aromatic N) is 1. The number of pyridine rings is 1. The number of rotatable bonds is 13. The number of para-hydroxylation sites is 1. The van der Waals surface area contributed by atoms with E-state index in [2.05, 4.69) is 76.6 Å². The van der Waals surface area contributed by atoms with E-state index in [4.69, 9.17) is 0 Å². The van der Waals surface area contributed by atoms with E-state index in [-0.39, 0.29) is 17.0 Å². The van der Waals surface area contributed by atoms with Crippen molar-refractivity contribution in [2.75, 3.05) is 5.75 Å². The first kappa shape index (κ1) is 36.6. The lowest BCUT2D eigenvalue weighted by molar-refractivity contribution is 0.140. The maximum atomic E-state index is 13.5. The van der Waals surface area contributed by atoms with Crippen LogP contribution in [-0.4, -0.2) is 19.2 Å². The van der Waals surface area contributed by atoms with E-state index in [0.717, 1.165) is 31.1 Å². The minimum Gasteiger partial charge on any atom is -0.255 e. The zero-order valence-corrected chi connectivity index (χ0v) is 31.7. The monoisotopic (exact) mass is 709 g/mol. The molecule has 0 spiro atoms. The van der Waals surface area contributed by atoms with Crippen LogP contribution in [0.25, 0.3) is 10.9 Å². The largest absolute Gasteiger partial charge is 0.255 e. The van der Waals surface area contributed by atoms with E-state index in [0.29, 0.717) is 46.2 Å². The summed E-state index contributed by atoms with van der Waals surface area (Å²) in [6.45, 7) is 4.90. The second-order valence-corrected chi connectivity index (χ2v) is 18.2. The standard InChI is InChI=1S/C44H53FNO2PS/c1-32-9-3-4-14-39(32)40-31-44(2,28-26-34-18-23-38(45)24-19-34)27-6-12-35(40)22-25-41(49)36-20-16-33(17-21-36)10-8-30-50(47,48)42-15-5-11-37-13-7-29-46-43(37)42/h3-5,7,9,11,13-21,23-24,29,32,35,39-41H,6,8,10,12,22,25-28,30-31,49H2,1-2H3. The summed E-state index contributed by atoms with van der Waals surface area (Å²) in [6.07, 6.45) is 21.9. The number of benzene rings is 3. The molecule has 4 aromatic rings. The minimum absolute atomic E-state index is 0.106. The van der Waals surface area contributed by atoms with Crippen molar-refractivity contribution in [2.45, 2.75) is 88.6 Å². The predicted octanol–water partition coefficient (Wildman–Crippen LogP) is 11.3. The van der Waals surface area contributed by atoms with Crippen LogP contribution in [-0.2, 0) is 22.7 Å². The van der Waals surface area contributed by atoms with Gasteiger partial charge in [0.25, 0.3) is 0 Å². The van der Waals surface area contributed by atoms with Gasteiger partial charge in [-0.3, -0.25) is 4.98 Å². The molecule has 0 aliphatic heterocycles. The van der Waals surface area contributed by atoms with Gasteiger partial charge < -0.3 is 0 Å². The number of halogens is 1. The number of aryl methyl sites for hydroxylation is 2. The molecule has 1 aromatic heterocycles. The fraction of sp³-hybridized carbons (Fsp3) is 0.432. The van der Waals surface area contributed by atoms with Gasteiger partial charge in [-0.25, -0.2) is 12.8 Å². The van der Waals surface area contributed by atoms with Crippen molar-refractivity contribution in [3.05, 3.63) is 132 Å². The normalized spacial score (nSPS) is 24.6. The summed E-state index contributed by atoms with van der Waals surface area (Å²) in [5.74, 6) is 2.39. The highest BCUT2D eigenvalue weighted by atomic mass is 32.2. The lowest BCUT2D eigenvalue weighted by Crippen LogP contribution is -2.31. The Balaban J connectivity index is 1.05. The molecule has 1 saturated carbocycles. The molecule has 3 aromatic carbocycles. The van der Waals surface area contributed by atoms with Crippen molar-refractivity contribution >= 4 is 30.0 Å². The maximum absolute atomic E-state index is 13.5. The molecule has 0 saturated heterocycles. The maximum Gasteiger partial charge on any atom is 0.180 e. The molecule has 1 heterocycles. The Morgan fingerprint density at radius 2 is 1.66 bits per heavy atom. The molecule has 6 heteroatoms. The van der Waals surface area contributed by atoms with Crippen LogP contribution in [0.1, 0.15) is 87.6 Å². The molecule has 2 aliphatic carbocycles. The average Bonchev–Trinajstić information content (AvgIpc) is 3.29. The van der Waals surface area contributed by atoms with Crippen molar-refractivity contribution < 1.29 is 12.8 Å². The first-order valence-corrected chi connectivity index (χ1v) is 20.9. The van der Waals surface area contributed by atoms with E-state index < -0.39 is 9.84 Å². The fourth-order valence-corrected chi connectivity index (χ4v) is 10.5. The van der Waals surface area contributed by atoms with Gasteiger partial charge >= 0.3 is 0 Å². The van der Waals surface area contributed by atoms with Crippen LogP contribution < -0.4 is 0 Å². The van der Waals surface area contributed by atoms with E-state index in [1.54, 1.807) is 30.5 Å². The topological polar surface area (TPSA) is 47.0 Å². The molecular formula is C44H53FNO2PS. The lowest BCUT2D eigenvalue weighted by atomic mass is 9.65. The predicted molar refractivity (Wildman–Crippen MR) is 209 cm³/mol. The molecular weight excluding hydrogens is 657 g/mol. The first-order valence-electron chi connectivity index (χ1n) is 18.6. The second-order valence-electron chi connectivity index (χ2n) is 15.3. The van der Waals surface area contributed by atoms with Gasteiger partial charge in [0, 0.05) is 11.6 Å². The summed E-state index contributed by atoms with van der Waals surface area (Å²) < 4.78 is 40.0. The molecule has 2 aliphatic rings. The smallest absolute Gasteiger partial charge is 0.180 e. The Hall–Kier alpha value is -3.14. The van der Waals surface area contributed by atoms with Gasteiger partial charge in [-0.05, 0) is 127 Å². The molecule has 264 valence electrons. The summed E-state index contributed by atoms with van der Waals surface area (Å²) in [5, 5.41) is 0.847. The van der Waals surface area contributed by atoms with Crippen molar-refractivity contribution in [1.29, 1.82) is 0 Å². The Morgan fingerprint density at radius 1 is 0.940 bits per heavy atom. The Morgan fingerprint density at radius 3 is 2.44 bits per heavy atom. The van der Waals surface area contributed by atoms with Crippen LogP contribution in [0.2, 0.25) is 0 Å². The van der Waals surface area contributed by atoms with Crippen LogP contribution in [0.3, 0.4) is 0 Å². The van der Waals surface area contributed by atoms with Gasteiger partial charge in [-0.2, -0.15) is 0 Å². The zero-order chi connectivity index (χ0) is 35.1. The van der Waals surface area contributed by atoms with Crippen molar-refractivity contribution in [2.24, 2.45) is 29.1 Å². The minimum atomic E-state index is -3.43. The van der Waals surface area contributed by atoms with Crippen LogP contribution in [0.4, 0.5) is 4.39 Å². The third kappa shape index (κ3) is 9.20. The van der Waals surface area contributed by atoms with E-state index >= 15 is 0 Å². The van der Waals surface area contributed by atoms with Gasteiger partial charge in [-0.15, -0.1) is 9.24 Å². The molecule has 6 rings (SSSR count). The van der Waals surface area contributed by atoms with Gasteiger partial charge in [-0.1, -0.05) is 106 Å². The zero-order valence-electron chi connectivity index (χ0n) is 29.7. The quantitative estimate of drug-likeness (QED) is 0.103. The van der Waals surface area contributed by atoms with Crippen molar-refractivity contribution in [3.63, 3.8) is 0 Å². The second kappa shape index (κ2) is 16.5. The number of sulfone groups is 1. The molecule has 0 N–H and O–H groups in total. The van der Waals surface area contributed by atoms with Crippen LogP contribution in [0.5, 0.6) is 0 Å². The fourth-order valence-electron chi connectivity index (χ4n) is 8.64. The third-order valence-electron chi connectivity index (χ3n) is 11.6. The molecule has 0 bridgehead atoms. The molecule has 0 amide bonds. The first-order chi connectivity index (χ1) is 24.1. The van der Waals surface area contributed by atoms with Crippen LogP contribution in [0, 0.1) is 34.9 Å². The molecule has 7 atom stereocenters. The summed E-state index contributed by atoms with van der Waals surface area (Å²) >= 11 is 0. The Bertz CT molecular complexity index is 1880. The summed E-state index contributed by atoms with van der Waals surface area (Å²) in [5.41, 5.74) is 4.96. The number of allylic oxidation sites excluding steroid dienone is 4. The van der Waals surface area contributed by atoms with E-state index in [1.807, 2.05) is 30.3 Å². The number of hydrogen-bond donors (Lipinski definition) is 0. The SMILES string of the molecule is CC1C=CC=CC1C1CC(C)(CCc2ccc(F)cc2)CCCC1CCC(P)c1ccc(CCCS(=O)(=O)c2cccc3cccnc23)cc1. The van der Waals surface area contributed by atoms with Gasteiger partial charge in [0.2, 0.25) is 0 Å². The molecule has 50 heavy (non-hydrogen) atoms. The highest BCUT2D eigenvalue weighted by molar-refractivity contribution is 7.91. The molecule has 7 unspecified atom stereocenters. The summed E-state index contributed by atoms with van der Waals surface area (Å²) in [6, 6.07) is 25.0. The number of aromatic nitrogens is 1. The Kier molecular flexibility index (Phi) is 12.1. The van der Waals surface area contributed by atoms with Crippen molar-refractivity contribution in [3.8, 4) is 0 Å². The van der Waals surface area contributed by atoms with E-state index in [9.17, 15) is 12.8 Å². The van der Waals surface area contributed by atoms with Crippen molar-refractivity contribution in [1.82, 2.24) is 4.98 Å². The van der Waals surface area contributed by atoms with E-state index in [1.165, 1.54) is 48.8 Å². The molecule has 3 nitrogen and oxygen atoms in total. The van der Waals surface area contributed by atoms with Crippen LogP contribution in [0.15, 0.2) is 114 Å². The third-order valence-corrected chi connectivity index (χ3v) is 14.2. The van der Waals surface area contributed by atoms with Gasteiger partial charge in [0.1, 0.15) is 5.82 Å². The number of hydrogen-bond acceptors (Lipinski definition) is 3. The Labute approximate surface area is 302 Å². The highest BCUT2D eigenvalue weighted by Crippen LogP contribution is 2.50. The molecule has 0 radical (unpaired) electrons. The van der Waals surface area contributed by atoms with Gasteiger partial charge in [0.05, 0.1) is 16.2 Å². The average molecular weight is 710 g/mol. The summed E-state index contributed by atoms with van der Waals surface area (Å²) in [7, 11) is -0.313. The summed E-state index contributed by atoms with van der Waals surface area (Å²) in [4.78, 5) is 4.68. The lowest BCUT2D eigenvalue weighted by Gasteiger charge is -2.39.